The Hall–Kier alpha value is -3.15. The monoisotopic (exact) mass is 360 g/mol. The van der Waals surface area contributed by atoms with Gasteiger partial charge in [-0.25, -0.2) is 9.97 Å². The maximum atomic E-state index is 13.0. The number of oxazole rings is 1. The Balaban J connectivity index is 1.40. The predicted molar refractivity (Wildman–Crippen MR) is 103 cm³/mol. The summed E-state index contributed by atoms with van der Waals surface area (Å²) < 4.78 is 7.89. The molecule has 1 fully saturated rings. The zero-order chi connectivity index (χ0) is 18.4. The van der Waals surface area contributed by atoms with E-state index in [0.29, 0.717) is 12.1 Å². The van der Waals surface area contributed by atoms with Crippen molar-refractivity contribution in [3.8, 4) is 0 Å². The quantitative estimate of drug-likeness (QED) is 0.546. The number of para-hydroxylation sites is 2. The standard InChI is InChI=1S/C21H20N4O2/c1-24-13-22-17-11-14(8-9-18(17)24)21(26)25-10-4-5-15(12-25)20-23-16-6-2-3-7-19(16)27-20/h2-3,6-9,11,13,15H,4-5,10,12H2,1H3/t15-/m1/s1. The van der Waals surface area contributed by atoms with E-state index in [2.05, 4.69) is 9.97 Å². The molecule has 1 aliphatic rings. The molecule has 136 valence electrons. The number of aromatic nitrogens is 3. The van der Waals surface area contributed by atoms with Crippen LogP contribution in [0.3, 0.4) is 0 Å². The molecule has 0 radical (unpaired) electrons. The van der Waals surface area contributed by atoms with Crippen LogP contribution in [0, 0.1) is 0 Å². The predicted octanol–water partition coefficient (Wildman–Crippen LogP) is 3.73. The molecule has 0 N–H and O–H groups in total. The van der Waals surface area contributed by atoms with Crippen molar-refractivity contribution in [2.75, 3.05) is 13.1 Å². The first-order chi connectivity index (χ1) is 13.2. The highest BCUT2D eigenvalue weighted by Gasteiger charge is 2.28. The fourth-order valence-electron chi connectivity index (χ4n) is 3.88. The summed E-state index contributed by atoms with van der Waals surface area (Å²) in [7, 11) is 1.95. The lowest BCUT2D eigenvalue weighted by atomic mass is 9.97. The highest BCUT2D eigenvalue weighted by molar-refractivity contribution is 5.97. The summed E-state index contributed by atoms with van der Waals surface area (Å²) in [5, 5.41) is 0. The van der Waals surface area contributed by atoms with Gasteiger partial charge in [-0.2, -0.15) is 0 Å². The molecule has 0 bridgehead atoms. The third-order valence-electron chi connectivity index (χ3n) is 5.34. The number of piperidine rings is 1. The zero-order valence-electron chi connectivity index (χ0n) is 15.1. The van der Waals surface area contributed by atoms with Crippen molar-refractivity contribution in [3.05, 3.63) is 60.2 Å². The molecule has 4 aromatic rings. The van der Waals surface area contributed by atoms with Gasteiger partial charge < -0.3 is 13.9 Å². The van der Waals surface area contributed by atoms with Crippen LogP contribution in [0.1, 0.15) is 35.0 Å². The fourth-order valence-corrected chi connectivity index (χ4v) is 3.88. The number of hydrogen-bond acceptors (Lipinski definition) is 4. The molecule has 1 aliphatic heterocycles. The van der Waals surface area contributed by atoms with E-state index in [4.69, 9.17) is 4.42 Å². The van der Waals surface area contributed by atoms with E-state index in [1.807, 2.05) is 59.0 Å². The van der Waals surface area contributed by atoms with Crippen molar-refractivity contribution in [2.45, 2.75) is 18.8 Å². The number of amides is 1. The average Bonchev–Trinajstić information content (AvgIpc) is 3.31. The van der Waals surface area contributed by atoms with Crippen molar-refractivity contribution in [2.24, 2.45) is 7.05 Å². The molecule has 6 nitrogen and oxygen atoms in total. The Bertz CT molecular complexity index is 1110. The van der Waals surface area contributed by atoms with Gasteiger partial charge in [-0.1, -0.05) is 12.1 Å². The third kappa shape index (κ3) is 2.77. The Morgan fingerprint density at radius 1 is 1.19 bits per heavy atom. The van der Waals surface area contributed by atoms with Crippen LogP contribution in [-0.4, -0.2) is 38.4 Å². The van der Waals surface area contributed by atoms with Crippen molar-refractivity contribution in [1.29, 1.82) is 0 Å². The molecule has 5 rings (SSSR count). The largest absolute Gasteiger partial charge is 0.440 e. The van der Waals surface area contributed by atoms with Gasteiger partial charge in [0.2, 0.25) is 0 Å². The summed E-state index contributed by atoms with van der Waals surface area (Å²) in [5.74, 6) is 0.908. The van der Waals surface area contributed by atoms with Crippen LogP contribution in [-0.2, 0) is 7.05 Å². The molecule has 0 spiro atoms. The number of hydrogen-bond donors (Lipinski definition) is 0. The van der Waals surface area contributed by atoms with E-state index < -0.39 is 0 Å². The summed E-state index contributed by atoms with van der Waals surface area (Å²) >= 11 is 0. The van der Waals surface area contributed by atoms with Gasteiger partial charge in [0.1, 0.15) is 5.52 Å². The van der Waals surface area contributed by atoms with Gasteiger partial charge in [0.05, 0.1) is 23.3 Å². The Kier molecular flexibility index (Phi) is 3.70. The second-order valence-electron chi connectivity index (χ2n) is 7.17. The first-order valence-electron chi connectivity index (χ1n) is 9.25. The second-order valence-corrected chi connectivity index (χ2v) is 7.17. The number of likely N-dealkylation sites (tertiary alicyclic amines) is 1. The summed E-state index contributed by atoms with van der Waals surface area (Å²) in [6, 6.07) is 13.5. The molecule has 2 aromatic heterocycles. The molecular weight excluding hydrogens is 340 g/mol. The van der Waals surface area contributed by atoms with Crippen molar-refractivity contribution in [1.82, 2.24) is 19.4 Å². The van der Waals surface area contributed by atoms with Crippen LogP contribution in [0.25, 0.3) is 22.1 Å². The van der Waals surface area contributed by atoms with E-state index >= 15 is 0 Å². The van der Waals surface area contributed by atoms with Crippen LogP contribution in [0.2, 0.25) is 0 Å². The number of aryl methyl sites for hydroxylation is 1. The number of carbonyl (C=O) groups excluding carboxylic acids is 1. The van der Waals surface area contributed by atoms with Crippen LogP contribution in [0.15, 0.2) is 53.2 Å². The minimum atomic E-state index is 0.0448. The van der Waals surface area contributed by atoms with Gasteiger partial charge in [0, 0.05) is 25.7 Å². The SMILES string of the molecule is Cn1cnc2cc(C(=O)N3CCC[C@@H](c4nc5ccccc5o4)C3)ccc21. The maximum Gasteiger partial charge on any atom is 0.253 e. The molecule has 27 heavy (non-hydrogen) atoms. The minimum Gasteiger partial charge on any atom is -0.440 e. The average molecular weight is 360 g/mol. The van der Waals surface area contributed by atoms with Gasteiger partial charge in [-0.3, -0.25) is 4.79 Å². The zero-order valence-corrected chi connectivity index (χ0v) is 15.1. The van der Waals surface area contributed by atoms with E-state index in [-0.39, 0.29) is 11.8 Å². The highest BCUT2D eigenvalue weighted by atomic mass is 16.3. The lowest BCUT2D eigenvalue weighted by molar-refractivity contribution is 0.0699. The van der Waals surface area contributed by atoms with Crippen LogP contribution < -0.4 is 0 Å². The van der Waals surface area contributed by atoms with Crippen molar-refractivity contribution < 1.29 is 9.21 Å². The molecule has 3 heterocycles. The van der Waals surface area contributed by atoms with Crippen molar-refractivity contribution >= 4 is 28.0 Å². The van der Waals surface area contributed by atoms with E-state index in [9.17, 15) is 4.79 Å². The summed E-state index contributed by atoms with van der Waals surface area (Å²) in [5.41, 5.74) is 4.22. The third-order valence-corrected chi connectivity index (χ3v) is 5.34. The molecule has 1 amide bonds. The normalized spacial score (nSPS) is 17.7. The molecule has 6 heteroatoms. The van der Waals surface area contributed by atoms with E-state index in [0.717, 1.165) is 47.4 Å². The first kappa shape index (κ1) is 16.1. The van der Waals surface area contributed by atoms with Crippen LogP contribution in [0.4, 0.5) is 0 Å². The van der Waals surface area contributed by atoms with Crippen molar-refractivity contribution in [3.63, 3.8) is 0 Å². The van der Waals surface area contributed by atoms with E-state index in [1.165, 1.54) is 0 Å². The molecule has 0 unspecified atom stereocenters. The van der Waals surface area contributed by atoms with Crippen LogP contribution >= 0.6 is 0 Å². The Morgan fingerprint density at radius 2 is 2.07 bits per heavy atom. The molecule has 1 atom stereocenters. The number of benzene rings is 2. The summed E-state index contributed by atoms with van der Waals surface area (Å²) in [4.78, 5) is 23.9. The maximum absolute atomic E-state index is 13.0. The summed E-state index contributed by atoms with van der Waals surface area (Å²) in [6.45, 7) is 1.39. The van der Waals surface area contributed by atoms with Gasteiger partial charge in [-0.15, -0.1) is 0 Å². The molecule has 2 aromatic carbocycles. The topological polar surface area (TPSA) is 64.2 Å². The second kappa shape index (κ2) is 6.23. The number of fused-ring (bicyclic) bond motifs is 2. The lowest BCUT2D eigenvalue weighted by Gasteiger charge is -2.31. The Labute approximate surface area is 156 Å². The number of nitrogens with zero attached hydrogens (tertiary/aromatic N) is 4. The molecule has 1 saturated heterocycles. The summed E-state index contributed by atoms with van der Waals surface area (Å²) in [6.07, 6.45) is 3.69. The molecular formula is C21H20N4O2. The van der Waals surface area contributed by atoms with Gasteiger partial charge >= 0.3 is 0 Å². The lowest BCUT2D eigenvalue weighted by Crippen LogP contribution is -2.39. The smallest absolute Gasteiger partial charge is 0.253 e. The molecule has 0 aliphatic carbocycles. The van der Waals surface area contributed by atoms with E-state index in [1.54, 1.807) is 6.33 Å². The number of imidazole rings is 1. The minimum absolute atomic E-state index is 0.0448. The van der Waals surface area contributed by atoms with Crippen LogP contribution in [0.5, 0.6) is 0 Å². The van der Waals surface area contributed by atoms with Gasteiger partial charge in [-0.05, 0) is 43.2 Å². The van der Waals surface area contributed by atoms with Gasteiger partial charge in [0.25, 0.3) is 5.91 Å². The first-order valence-corrected chi connectivity index (χ1v) is 9.25. The number of carbonyl (C=O) groups is 1. The van der Waals surface area contributed by atoms with Gasteiger partial charge in [0.15, 0.2) is 11.5 Å². The Morgan fingerprint density at radius 3 is 2.96 bits per heavy atom. The molecule has 0 saturated carbocycles. The highest BCUT2D eigenvalue weighted by Crippen LogP contribution is 2.30. The fraction of sp³-hybridized carbons (Fsp3) is 0.286. The number of rotatable bonds is 2.